The lowest BCUT2D eigenvalue weighted by Gasteiger charge is -2.11. The number of nitrogens with zero attached hydrogens (tertiary/aromatic N) is 4. The highest BCUT2D eigenvalue weighted by molar-refractivity contribution is 5.84. The summed E-state index contributed by atoms with van der Waals surface area (Å²) < 4.78 is 53.1. The highest BCUT2D eigenvalue weighted by Crippen LogP contribution is 2.35. The molecule has 0 aliphatic rings. The Kier molecular flexibility index (Phi) is 2.16. The van der Waals surface area contributed by atoms with Crippen LogP contribution >= 0.6 is 0 Å². The van der Waals surface area contributed by atoms with Crippen molar-refractivity contribution in [1.29, 1.82) is 0 Å². The summed E-state index contributed by atoms with van der Waals surface area (Å²) in [7, 11) is 0. The van der Waals surface area contributed by atoms with Crippen LogP contribution in [-0.2, 0) is 6.18 Å². The van der Waals surface area contributed by atoms with Gasteiger partial charge in [-0.15, -0.1) is 10.2 Å². The number of aromatic nitrogens is 4. The molecule has 0 saturated heterocycles. The number of halogens is 4. The van der Waals surface area contributed by atoms with E-state index in [9.17, 15) is 17.6 Å². The van der Waals surface area contributed by atoms with Gasteiger partial charge in [0.1, 0.15) is 17.7 Å². The summed E-state index contributed by atoms with van der Waals surface area (Å²) >= 11 is 0. The van der Waals surface area contributed by atoms with Crippen molar-refractivity contribution in [2.45, 2.75) is 6.18 Å². The summed E-state index contributed by atoms with van der Waals surface area (Å²) in [6.45, 7) is 0. The van der Waals surface area contributed by atoms with Crippen molar-refractivity contribution in [2.24, 2.45) is 0 Å². The molecule has 0 spiro atoms. The minimum Gasteiger partial charge on any atom is -0.381 e. The minimum absolute atomic E-state index is 0.0752. The normalized spacial score (nSPS) is 12.4. The van der Waals surface area contributed by atoms with Crippen molar-refractivity contribution in [3.05, 3.63) is 29.8 Å². The summed E-state index contributed by atoms with van der Waals surface area (Å²) in [5, 5.41) is 7.13. The van der Waals surface area contributed by atoms with Gasteiger partial charge in [0, 0.05) is 6.07 Å². The number of fused-ring (bicyclic) bond motifs is 3. The first kappa shape index (κ1) is 11.6. The molecule has 3 rings (SSSR count). The van der Waals surface area contributed by atoms with Gasteiger partial charge in [0.25, 0.3) is 0 Å². The average Bonchev–Trinajstić information content (AvgIpc) is 2.78. The molecule has 9 heteroatoms. The second-order valence-electron chi connectivity index (χ2n) is 3.84. The monoisotopic (exact) mass is 271 g/mol. The molecule has 0 fully saturated rings. The maximum absolute atomic E-state index is 13.3. The van der Waals surface area contributed by atoms with Crippen LogP contribution in [0.3, 0.4) is 0 Å². The van der Waals surface area contributed by atoms with Crippen molar-refractivity contribution in [3.8, 4) is 0 Å². The molecule has 2 aromatic heterocycles. The fraction of sp³-hybridized carbons (Fsp3) is 0.100. The lowest BCUT2D eigenvalue weighted by Crippen LogP contribution is -2.10. The lowest BCUT2D eigenvalue weighted by molar-refractivity contribution is -0.136. The second kappa shape index (κ2) is 3.53. The summed E-state index contributed by atoms with van der Waals surface area (Å²) in [5.74, 6) is -1.23. The third-order valence-corrected chi connectivity index (χ3v) is 2.63. The number of rotatable bonds is 0. The molecule has 0 bridgehead atoms. The standard InChI is InChI=1S/C10H5F4N5/c11-4-1-5(10(12,13)14)7-6(2-4)19-3-16-18-9(19)8(15)17-7/h1-3H,(H2,15,17). The zero-order valence-electron chi connectivity index (χ0n) is 9.11. The van der Waals surface area contributed by atoms with Crippen LogP contribution in [0.5, 0.6) is 0 Å². The van der Waals surface area contributed by atoms with Gasteiger partial charge in [-0.3, -0.25) is 4.40 Å². The van der Waals surface area contributed by atoms with Crippen molar-refractivity contribution >= 4 is 22.5 Å². The first-order chi connectivity index (χ1) is 8.88. The average molecular weight is 271 g/mol. The molecule has 0 unspecified atom stereocenters. The van der Waals surface area contributed by atoms with Gasteiger partial charge in [0.05, 0.1) is 11.1 Å². The zero-order valence-corrected chi connectivity index (χ0v) is 9.11. The summed E-state index contributed by atoms with van der Waals surface area (Å²) in [4.78, 5) is 3.65. The van der Waals surface area contributed by atoms with Gasteiger partial charge < -0.3 is 5.73 Å². The Balaban J connectivity index is 2.56. The number of anilines is 1. The Morgan fingerprint density at radius 3 is 2.63 bits per heavy atom. The van der Waals surface area contributed by atoms with E-state index >= 15 is 0 Å². The lowest BCUT2D eigenvalue weighted by atomic mass is 10.1. The zero-order chi connectivity index (χ0) is 13.8. The number of benzene rings is 1. The van der Waals surface area contributed by atoms with E-state index in [1.165, 1.54) is 0 Å². The molecule has 0 atom stereocenters. The fourth-order valence-electron chi connectivity index (χ4n) is 1.86. The minimum atomic E-state index is -4.73. The van der Waals surface area contributed by atoms with Crippen LogP contribution in [0.1, 0.15) is 5.56 Å². The molecule has 0 radical (unpaired) electrons. The van der Waals surface area contributed by atoms with Crippen LogP contribution in [0.4, 0.5) is 23.4 Å². The molecule has 19 heavy (non-hydrogen) atoms. The second-order valence-corrected chi connectivity index (χ2v) is 3.84. The van der Waals surface area contributed by atoms with Gasteiger partial charge in [0.15, 0.2) is 5.82 Å². The molecular weight excluding hydrogens is 266 g/mol. The largest absolute Gasteiger partial charge is 0.418 e. The van der Waals surface area contributed by atoms with Crippen molar-refractivity contribution < 1.29 is 17.6 Å². The predicted octanol–water partition coefficient (Wildman–Crippen LogP) is 2.02. The summed E-state index contributed by atoms with van der Waals surface area (Å²) in [5.41, 5.74) is 3.87. The molecule has 3 aromatic rings. The molecule has 0 amide bonds. The van der Waals surface area contributed by atoms with Crippen LogP contribution in [0, 0.1) is 5.82 Å². The quantitative estimate of drug-likeness (QED) is 0.635. The summed E-state index contributed by atoms with van der Waals surface area (Å²) in [6, 6.07) is 1.30. The van der Waals surface area contributed by atoms with Gasteiger partial charge >= 0.3 is 6.18 Å². The molecule has 2 N–H and O–H groups in total. The molecule has 2 heterocycles. The SMILES string of the molecule is Nc1nc2c(C(F)(F)F)cc(F)cc2n2cnnc12. The van der Waals surface area contributed by atoms with Gasteiger partial charge in [-0.25, -0.2) is 9.37 Å². The maximum Gasteiger partial charge on any atom is 0.418 e. The van der Waals surface area contributed by atoms with Gasteiger partial charge in [-0.2, -0.15) is 13.2 Å². The van der Waals surface area contributed by atoms with E-state index < -0.39 is 23.1 Å². The van der Waals surface area contributed by atoms with Crippen LogP contribution < -0.4 is 5.73 Å². The molecule has 5 nitrogen and oxygen atoms in total. The van der Waals surface area contributed by atoms with E-state index in [2.05, 4.69) is 15.2 Å². The predicted molar refractivity (Wildman–Crippen MR) is 57.7 cm³/mol. The van der Waals surface area contributed by atoms with Crippen LogP contribution in [0.15, 0.2) is 18.5 Å². The Morgan fingerprint density at radius 1 is 1.21 bits per heavy atom. The Bertz CT molecular complexity index is 792. The summed E-state index contributed by atoms with van der Waals surface area (Å²) in [6.07, 6.45) is -3.59. The molecule has 98 valence electrons. The van der Waals surface area contributed by atoms with Crippen LogP contribution in [0.25, 0.3) is 16.7 Å². The van der Waals surface area contributed by atoms with E-state index in [1.807, 2.05) is 0 Å². The highest BCUT2D eigenvalue weighted by Gasteiger charge is 2.34. The van der Waals surface area contributed by atoms with Crippen molar-refractivity contribution in [3.63, 3.8) is 0 Å². The van der Waals surface area contributed by atoms with Crippen molar-refractivity contribution in [1.82, 2.24) is 19.6 Å². The molecule has 0 saturated carbocycles. The number of nitrogens with two attached hydrogens (primary N) is 1. The van der Waals surface area contributed by atoms with E-state index in [4.69, 9.17) is 5.73 Å². The topological polar surface area (TPSA) is 69.1 Å². The van der Waals surface area contributed by atoms with Crippen molar-refractivity contribution in [2.75, 3.05) is 5.73 Å². The smallest absolute Gasteiger partial charge is 0.381 e. The Morgan fingerprint density at radius 2 is 1.95 bits per heavy atom. The first-order valence-electron chi connectivity index (χ1n) is 5.03. The Hall–Kier alpha value is -2.45. The maximum atomic E-state index is 13.3. The van der Waals surface area contributed by atoms with E-state index in [0.717, 1.165) is 16.8 Å². The van der Waals surface area contributed by atoms with E-state index in [0.29, 0.717) is 6.07 Å². The third kappa shape index (κ3) is 1.65. The first-order valence-corrected chi connectivity index (χ1v) is 5.03. The van der Waals surface area contributed by atoms with Gasteiger partial charge in [-0.05, 0) is 6.07 Å². The number of nitrogen functional groups attached to an aromatic ring is 1. The molecular formula is C10H5F4N5. The molecule has 0 aliphatic carbocycles. The Labute approximate surface area is 102 Å². The fourth-order valence-corrected chi connectivity index (χ4v) is 1.86. The van der Waals surface area contributed by atoms with Crippen LogP contribution in [0.2, 0.25) is 0 Å². The van der Waals surface area contributed by atoms with Gasteiger partial charge in [-0.1, -0.05) is 0 Å². The van der Waals surface area contributed by atoms with Gasteiger partial charge in [0.2, 0.25) is 5.65 Å². The highest BCUT2D eigenvalue weighted by atomic mass is 19.4. The molecule has 1 aromatic carbocycles. The van der Waals surface area contributed by atoms with E-state index in [-0.39, 0.29) is 17.0 Å². The number of alkyl halides is 3. The number of hydrogen-bond donors (Lipinski definition) is 1. The third-order valence-electron chi connectivity index (χ3n) is 2.63. The number of hydrogen-bond acceptors (Lipinski definition) is 4. The molecule has 0 aliphatic heterocycles. The van der Waals surface area contributed by atoms with E-state index in [1.54, 1.807) is 0 Å². The van der Waals surface area contributed by atoms with Crippen LogP contribution in [-0.4, -0.2) is 19.6 Å².